The number of nitrogens with one attached hydrogen (secondary N) is 1. The van der Waals surface area contributed by atoms with Crippen LogP contribution in [-0.4, -0.2) is 21.6 Å². The fourth-order valence-electron chi connectivity index (χ4n) is 1.68. The van der Waals surface area contributed by atoms with Gasteiger partial charge in [0, 0.05) is 6.20 Å². The first-order chi connectivity index (χ1) is 7.31. The van der Waals surface area contributed by atoms with Gasteiger partial charge in [-0.3, -0.25) is 9.48 Å². The summed E-state index contributed by atoms with van der Waals surface area (Å²) in [5, 5.41) is 7.02. The molecule has 5 heteroatoms. The lowest BCUT2D eigenvalue weighted by Gasteiger charge is -2.27. The normalized spacial score (nSPS) is 16.1. The number of alkyl halides is 1. The van der Waals surface area contributed by atoms with Gasteiger partial charge in [0.2, 0.25) is 5.91 Å². The standard InChI is InChI=1S/C10H14ClN3O/c11-6-10(15)12-7-9-4-5-13-14(9)8-2-1-3-8/h4-5,8H,1-3,6-7H2,(H,12,15). The van der Waals surface area contributed by atoms with Crippen molar-refractivity contribution in [3.63, 3.8) is 0 Å². The first-order valence-corrected chi connectivity index (χ1v) is 5.70. The van der Waals surface area contributed by atoms with Crippen LogP contribution in [0.3, 0.4) is 0 Å². The van der Waals surface area contributed by atoms with Gasteiger partial charge in [0.1, 0.15) is 5.88 Å². The van der Waals surface area contributed by atoms with E-state index in [0.717, 1.165) is 5.69 Å². The Morgan fingerprint density at radius 2 is 2.47 bits per heavy atom. The molecular formula is C10H14ClN3O. The first-order valence-electron chi connectivity index (χ1n) is 5.16. The SMILES string of the molecule is O=C(CCl)NCc1ccnn1C1CCC1. The number of amides is 1. The molecule has 0 aromatic carbocycles. The highest BCUT2D eigenvalue weighted by Crippen LogP contribution is 2.31. The zero-order valence-corrected chi connectivity index (χ0v) is 9.20. The molecule has 0 spiro atoms. The number of halogens is 1. The van der Waals surface area contributed by atoms with Crippen LogP contribution in [0.25, 0.3) is 0 Å². The molecule has 0 aliphatic heterocycles. The van der Waals surface area contributed by atoms with Gasteiger partial charge in [0.15, 0.2) is 0 Å². The molecule has 15 heavy (non-hydrogen) atoms. The lowest BCUT2D eigenvalue weighted by atomic mass is 9.93. The predicted molar refractivity (Wildman–Crippen MR) is 57.7 cm³/mol. The number of nitrogens with zero attached hydrogens (tertiary/aromatic N) is 2. The van der Waals surface area contributed by atoms with E-state index in [-0.39, 0.29) is 11.8 Å². The van der Waals surface area contributed by atoms with E-state index in [1.807, 2.05) is 10.7 Å². The number of rotatable bonds is 4. The minimum atomic E-state index is -0.141. The molecular weight excluding hydrogens is 214 g/mol. The molecule has 0 bridgehead atoms. The van der Waals surface area contributed by atoms with Gasteiger partial charge < -0.3 is 5.32 Å². The largest absolute Gasteiger partial charge is 0.349 e. The van der Waals surface area contributed by atoms with Gasteiger partial charge >= 0.3 is 0 Å². The quantitative estimate of drug-likeness (QED) is 0.792. The van der Waals surface area contributed by atoms with Crippen molar-refractivity contribution in [3.05, 3.63) is 18.0 Å². The highest BCUT2D eigenvalue weighted by atomic mass is 35.5. The van der Waals surface area contributed by atoms with Crippen molar-refractivity contribution < 1.29 is 4.79 Å². The third-order valence-electron chi connectivity index (χ3n) is 2.76. The third kappa shape index (κ3) is 2.31. The van der Waals surface area contributed by atoms with Crippen LogP contribution in [0, 0.1) is 0 Å². The number of carbonyl (C=O) groups excluding carboxylic acids is 1. The molecule has 0 saturated heterocycles. The second-order valence-corrected chi connectivity index (χ2v) is 4.03. The van der Waals surface area contributed by atoms with Crippen LogP contribution in [0.15, 0.2) is 12.3 Å². The van der Waals surface area contributed by atoms with Crippen LogP contribution in [0.1, 0.15) is 31.0 Å². The van der Waals surface area contributed by atoms with E-state index >= 15 is 0 Å². The molecule has 1 heterocycles. The molecule has 1 aliphatic carbocycles. The van der Waals surface area contributed by atoms with Crippen molar-refractivity contribution in [2.75, 3.05) is 5.88 Å². The average molecular weight is 228 g/mol. The molecule has 2 rings (SSSR count). The molecule has 0 atom stereocenters. The topological polar surface area (TPSA) is 46.9 Å². The van der Waals surface area contributed by atoms with Gasteiger partial charge in [-0.1, -0.05) is 0 Å². The maximum absolute atomic E-state index is 11.0. The maximum Gasteiger partial charge on any atom is 0.235 e. The minimum Gasteiger partial charge on any atom is -0.349 e. The summed E-state index contributed by atoms with van der Waals surface area (Å²) in [4.78, 5) is 11.0. The Balaban J connectivity index is 1.95. The summed E-state index contributed by atoms with van der Waals surface area (Å²) in [6.45, 7) is 0.516. The molecule has 1 aromatic rings. The van der Waals surface area contributed by atoms with Gasteiger partial charge in [-0.25, -0.2) is 0 Å². The first kappa shape index (κ1) is 10.5. The van der Waals surface area contributed by atoms with Gasteiger partial charge in [-0.05, 0) is 25.3 Å². The lowest BCUT2D eigenvalue weighted by molar-refractivity contribution is -0.118. The predicted octanol–water partition coefficient (Wildman–Crippen LogP) is 1.46. The Kier molecular flexibility index (Phi) is 3.26. The number of aromatic nitrogens is 2. The van der Waals surface area contributed by atoms with E-state index in [9.17, 15) is 4.79 Å². The monoisotopic (exact) mass is 227 g/mol. The third-order valence-corrected chi connectivity index (χ3v) is 3.00. The van der Waals surface area contributed by atoms with Crippen molar-refractivity contribution >= 4 is 17.5 Å². The van der Waals surface area contributed by atoms with Crippen LogP contribution in [0.2, 0.25) is 0 Å². The lowest BCUT2D eigenvalue weighted by Crippen LogP contribution is -2.27. The molecule has 1 aromatic heterocycles. The zero-order valence-electron chi connectivity index (χ0n) is 8.45. The molecule has 0 radical (unpaired) electrons. The summed E-state index contributed by atoms with van der Waals surface area (Å²) < 4.78 is 2.01. The van der Waals surface area contributed by atoms with E-state index in [1.54, 1.807) is 6.20 Å². The second-order valence-electron chi connectivity index (χ2n) is 3.76. The van der Waals surface area contributed by atoms with Gasteiger partial charge in [0.05, 0.1) is 18.3 Å². The Morgan fingerprint density at radius 1 is 1.67 bits per heavy atom. The van der Waals surface area contributed by atoms with E-state index < -0.39 is 0 Å². The minimum absolute atomic E-state index is 0.0115. The van der Waals surface area contributed by atoms with E-state index in [1.165, 1.54) is 19.3 Å². The number of carbonyl (C=O) groups is 1. The number of hydrogen-bond donors (Lipinski definition) is 1. The molecule has 4 nitrogen and oxygen atoms in total. The summed E-state index contributed by atoms with van der Waals surface area (Å²) in [6, 6.07) is 2.47. The molecule has 1 aliphatic rings. The fraction of sp³-hybridized carbons (Fsp3) is 0.600. The highest BCUT2D eigenvalue weighted by Gasteiger charge is 2.21. The summed E-state index contributed by atoms with van der Waals surface area (Å²) in [5.41, 5.74) is 1.05. The Labute approximate surface area is 93.6 Å². The molecule has 1 amide bonds. The van der Waals surface area contributed by atoms with Crippen molar-refractivity contribution in [1.29, 1.82) is 0 Å². The van der Waals surface area contributed by atoms with Crippen LogP contribution < -0.4 is 5.32 Å². The summed E-state index contributed by atoms with van der Waals surface area (Å²) >= 11 is 5.40. The van der Waals surface area contributed by atoms with Crippen LogP contribution >= 0.6 is 11.6 Å². The van der Waals surface area contributed by atoms with Gasteiger partial charge in [-0.2, -0.15) is 5.10 Å². The molecule has 1 fully saturated rings. The average Bonchev–Trinajstić information content (AvgIpc) is 2.60. The Bertz CT molecular complexity index is 346. The number of hydrogen-bond acceptors (Lipinski definition) is 2. The van der Waals surface area contributed by atoms with Crippen molar-refractivity contribution in [2.24, 2.45) is 0 Å². The molecule has 1 N–H and O–H groups in total. The molecule has 1 saturated carbocycles. The fourth-order valence-corrected chi connectivity index (χ4v) is 1.77. The van der Waals surface area contributed by atoms with Gasteiger partial charge in [-0.15, -0.1) is 11.6 Å². The van der Waals surface area contributed by atoms with E-state index in [4.69, 9.17) is 11.6 Å². The van der Waals surface area contributed by atoms with Crippen molar-refractivity contribution in [1.82, 2.24) is 15.1 Å². The summed E-state index contributed by atoms with van der Waals surface area (Å²) in [6.07, 6.45) is 5.44. The van der Waals surface area contributed by atoms with Crippen LogP contribution in [0.5, 0.6) is 0 Å². The highest BCUT2D eigenvalue weighted by molar-refractivity contribution is 6.27. The smallest absolute Gasteiger partial charge is 0.235 e. The zero-order chi connectivity index (χ0) is 10.7. The van der Waals surface area contributed by atoms with Crippen LogP contribution in [-0.2, 0) is 11.3 Å². The Morgan fingerprint density at radius 3 is 3.07 bits per heavy atom. The van der Waals surface area contributed by atoms with Crippen molar-refractivity contribution in [2.45, 2.75) is 31.8 Å². The summed E-state index contributed by atoms with van der Waals surface area (Å²) in [7, 11) is 0. The van der Waals surface area contributed by atoms with Crippen LogP contribution in [0.4, 0.5) is 0 Å². The maximum atomic E-state index is 11.0. The second kappa shape index (κ2) is 4.66. The van der Waals surface area contributed by atoms with Crippen molar-refractivity contribution in [3.8, 4) is 0 Å². The summed E-state index contributed by atoms with van der Waals surface area (Å²) in [5.74, 6) is -0.129. The molecule has 82 valence electrons. The van der Waals surface area contributed by atoms with Gasteiger partial charge in [0.25, 0.3) is 0 Å². The molecule has 0 unspecified atom stereocenters. The van der Waals surface area contributed by atoms with E-state index in [2.05, 4.69) is 10.4 Å². The Hall–Kier alpha value is -1.03. The van der Waals surface area contributed by atoms with E-state index in [0.29, 0.717) is 12.6 Å².